The predicted octanol–water partition coefficient (Wildman–Crippen LogP) is 1.79. The van der Waals surface area contributed by atoms with Crippen molar-refractivity contribution in [3.8, 4) is 5.88 Å². The summed E-state index contributed by atoms with van der Waals surface area (Å²) in [5.74, 6) is 0.441. The molecule has 6 heteroatoms. The van der Waals surface area contributed by atoms with E-state index >= 15 is 0 Å². The van der Waals surface area contributed by atoms with E-state index in [1.807, 2.05) is 0 Å². The van der Waals surface area contributed by atoms with Crippen LogP contribution in [0.25, 0.3) is 11.0 Å². The van der Waals surface area contributed by atoms with E-state index in [2.05, 4.69) is 9.97 Å². The van der Waals surface area contributed by atoms with E-state index in [-0.39, 0.29) is 5.69 Å². The number of nitrogens with one attached hydrogen (secondary N) is 1. The summed E-state index contributed by atoms with van der Waals surface area (Å²) in [5.41, 5.74) is 1.28. The first-order chi connectivity index (χ1) is 7.13. The fourth-order valence-electron chi connectivity index (χ4n) is 1.53. The Morgan fingerprint density at radius 3 is 2.93 bits per heavy atom. The Bertz CT molecular complexity index is 533. The van der Waals surface area contributed by atoms with Gasteiger partial charge in [0.05, 0.1) is 23.6 Å². The molecule has 0 bridgehead atoms. The third-order valence-electron chi connectivity index (χ3n) is 2.20. The smallest absolute Gasteiger partial charge is 0.296 e. The molecule has 0 amide bonds. The zero-order chi connectivity index (χ0) is 11.0. The number of hydrogen-bond donors (Lipinski definition) is 1. The fourth-order valence-corrected chi connectivity index (χ4v) is 1.53. The minimum absolute atomic E-state index is 0.0395. The number of aryl methyl sites for hydroxylation is 1. The SMILES string of the molecule is COc1cc(C)c2c([N+](=O)[O-])c[nH]c2n1. The van der Waals surface area contributed by atoms with Crippen molar-refractivity contribution in [1.29, 1.82) is 0 Å². The van der Waals surface area contributed by atoms with Crippen LogP contribution < -0.4 is 4.74 Å². The van der Waals surface area contributed by atoms with Gasteiger partial charge >= 0.3 is 0 Å². The quantitative estimate of drug-likeness (QED) is 0.601. The molecule has 15 heavy (non-hydrogen) atoms. The van der Waals surface area contributed by atoms with Gasteiger partial charge in [0.2, 0.25) is 5.88 Å². The van der Waals surface area contributed by atoms with E-state index in [4.69, 9.17) is 4.74 Å². The summed E-state index contributed by atoms with van der Waals surface area (Å²) in [6.07, 6.45) is 1.34. The Kier molecular flexibility index (Phi) is 2.03. The van der Waals surface area contributed by atoms with Crippen LogP contribution in [0, 0.1) is 17.0 Å². The lowest BCUT2D eigenvalue weighted by molar-refractivity contribution is -0.383. The Balaban J connectivity index is 2.77. The summed E-state index contributed by atoms with van der Waals surface area (Å²) in [5, 5.41) is 11.2. The second-order valence-corrected chi connectivity index (χ2v) is 3.14. The van der Waals surface area contributed by atoms with E-state index in [0.29, 0.717) is 16.9 Å². The maximum Gasteiger partial charge on any atom is 0.296 e. The van der Waals surface area contributed by atoms with Crippen LogP contribution in [0.15, 0.2) is 12.3 Å². The highest BCUT2D eigenvalue weighted by Crippen LogP contribution is 2.29. The van der Waals surface area contributed by atoms with E-state index in [1.165, 1.54) is 13.3 Å². The van der Waals surface area contributed by atoms with Crippen LogP contribution in [0.4, 0.5) is 5.69 Å². The first kappa shape index (κ1) is 9.45. The molecule has 0 aromatic carbocycles. The van der Waals surface area contributed by atoms with Gasteiger partial charge in [-0.15, -0.1) is 0 Å². The average Bonchev–Trinajstić information content (AvgIpc) is 2.61. The zero-order valence-electron chi connectivity index (χ0n) is 8.27. The molecule has 0 unspecified atom stereocenters. The van der Waals surface area contributed by atoms with Crippen molar-refractivity contribution in [2.75, 3.05) is 7.11 Å². The third kappa shape index (κ3) is 1.39. The van der Waals surface area contributed by atoms with Crippen molar-refractivity contribution in [1.82, 2.24) is 9.97 Å². The van der Waals surface area contributed by atoms with Gasteiger partial charge in [-0.25, -0.2) is 0 Å². The molecule has 0 radical (unpaired) electrons. The maximum absolute atomic E-state index is 10.7. The summed E-state index contributed by atoms with van der Waals surface area (Å²) >= 11 is 0. The lowest BCUT2D eigenvalue weighted by Gasteiger charge is -2.00. The summed E-state index contributed by atoms with van der Waals surface area (Å²) in [7, 11) is 1.50. The van der Waals surface area contributed by atoms with Crippen molar-refractivity contribution in [3.63, 3.8) is 0 Å². The van der Waals surface area contributed by atoms with Gasteiger partial charge in [0, 0.05) is 6.07 Å². The number of pyridine rings is 1. The Hall–Kier alpha value is -2.11. The minimum Gasteiger partial charge on any atom is -0.481 e. The van der Waals surface area contributed by atoms with Crippen LogP contribution in [0.3, 0.4) is 0 Å². The Labute approximate surface area is 85.0 Å². The fraction of sp³-hybridized carbons (Fsp3) is 0.222. The molecule has 78 valence electrons. The molecule has 6 nitrogen and oxygen atoms in total. The van der Waals surface area contributed by atoms with Crippen LogP contribution in [-0.4, -0.2) is 22.0 Å². The summed E-state index contributed by atoms with van der Waals surface area (Å²) in [4.78, 5) is 17.1. The molecule has 0 saturated heterocycles. The molecule has 2 aromatic rings. The van der Waals surface area contributed by atoms with E-state index in [1.54, 1.807) is 13.0 Å². The number of aromatic nitrogens is 2. The standard InChI is InChI=1S/C9H9N3O3/c1-5-3-7(15-2)11-9-8(5)6(4-10-9)12(13)14/h3-4H,1-2H3,(H,10,11). The van der Waals surface area contributed by atoms with Crippen LogP contribution in [0.5, 0.6) is 5.88 Å². The number of nitro groups is 1. The minimum atomic E-state index is -0.431. The maximum atomic E-state index is 10.7. The largest absolute Gasteiger partial charge is 0.481 e. The number of nitrogens with zero attached hydrogens (tertiary/aromatic N) is 2. The van der Waals surface area contributed by atoms with Crippen molar-refractivity contribution >= 4 is 16.7 Å². The van der Waals surface area contributed by atoms with Crippen molar-refractivity contribution < 1.29 is 9.66 Å². The van der Waals surface area contributed by atoms with Crippen molar-refractivity contribution in [2.24, 2.45) is 0 Å². The number of ether oxygens (including phenoxy) is 1. The Morgan fingerprint density at radius 2 is 2.33 bits per heavy atom. The second-order valence-electron chi connectivity index (χ2n) is 3.14. The first-order valence-electron chi connectivity index (χ1n) is 4.30. The molecular weight excluding hydrogens is 198 g/mol. The van der Waals surface area contributed by atoms with Crippen molar-refractivity contribution in [3.05, 3.63) is 27.9 Å². The van der Waals surface area contributed by atoms with Crippen LogP contribution in [-0.2, 0) is 0 Å². The normalized spacial score (nSPS) is 10.5. The highest BCUT2D eigenvalue weighted by atomic mass is 16.6. The summed E-state index contributed by atoms with van der Waals surface area (Å²) in [6.45, 7) is 1.79. The van der Waals surface area contributed by atoms with Gasteiger partial charge < -0.3 is 9.72 Å². The topological polar surface area (TPSA) is 81.0 Å². The molecule has 1 N–H and O–H groups in total. The van der Waals surface area contributed by atoms with Crippen LogP contribution in [0.2, 0.25) is 0 Å². The molecule has 0 aliphatic rings. The lowest BCUT2D eigenvalue weighted by Crippen LogP contribution is -1.91. The van der Waals surface area contributed by atoms with Gasteiger partial charge in [-0.3, -0.25) is 10.1 Å². The number of aromatic amines is 1. The number of methoxy groups -OCH3 is 1. The average molecular weight is 207 g/mol. The molecule has 2 heterocycles. The molecule has 0 aliphatic carbocycles. The van der Waals surface area contributed by atoms with E-state index in [0.717, 1.165) is 5.56 Å². The van der Waals surface area contributed by atoms with Gasteiger partial charge in [-0.2, -0.15) is 4.98 Å². The number of hydrogen-bond acceptors (Lipinski definition) is 4. The van der Waals surface area contributed by atoms with E-state index in [9.17, 15) is 10.1 Å². The monoisotopic (exact) mass is 207 g/mol. The first-order valence-corrected chi connectivity index (χ1v) is 4.30. The van der Waals surface area contributed by atoms with Gasteiger partial charge in [0.15, 0.2) is 0 Å². The molecule has 0 saturated carbocycles. The van der Waals surface area contributed by atoms with Gasteiger partial charge in [-0.05, 0) is 12.5 Å². The van der Waals surface area contributed by atoms with Gasteiger partial charge in [0.1, 0.15) is 5.65 Å². The van der Waals surface area contributed by atoms with Crippen LogP contribution in [0.1, 0.15) is 5.56 Å². The van der Waals surface area contributed by atoms with Gasteiger partial charge in [0.25, 0.3) is 5.69 Å². The molecule has 2 rings (SSSR count). The third-order valence-corrected chi connectivity index (χ3v) is 2.20. The number of H-pyrrole nitrogens is 1. The Morgan fingerprint density at radius 1 is 1.60 bits per heavy atom. The van der Waals surface area contributed by atoms with Gasteiger partial charge in [-0.1, -0.05) is 0 Å². The highest BCUT2D eigenvalue weighted by Gasteiger charge is 2.17. The predicted molar refractivity (Wildman–Crippen MR) is 54.0 cm³/mol. The summed E-state index contributed by atoms with van der Waals surface area (Å²) in [6, 6.07) is 1.67. The van der Waals surface area contributed by atoms with Crippen LogP contribution >= 0.6 is 0 Å². The molecule has 0 atom stereocenters. The number of rotatable bonds is 2. The molecule has 2 aromatic heterocycles. The molecular formula is C9H9N3O3. The second kappa shape index (κ2) is 3.23. The lowest BCUT2D eigenvalue weighted by atomic mass is 10.2. The summed E-state index contributed by atoms with van der Waals surface area (Å²) < 4.78 is 4.97. The zero-order valence-corrected chi connectivity index (χ0v) is 8.27. The molecule has 0 spiro atoms. The number of fused-ring (bicyclic) bond motifs is 1. The highest BCUT2D eigenvalue weighted by molar-refractivity contribution is 5.89. The van der Waals surface area contributed by atoms with E-state index < -0.39 is 4.92 Å². The van der Waals surface area contributed by atoms with Crippen molar-refractivity contribution in [2.45, 2.75) is 6.92 Å². The molecule has 0 fully saturated rings. The molecule has 0 aliphatic heterocycles.